The Bertz CT molecular complexity index is 980. The van der Waals surface area contributed by atoms with Crippen molar-refractivity contribution in [3.8, 4) is 16.9 Å². The van der Waals surface area contributed by atoms with Gasteiger partial charge < -0.3 is 35.0 Å². The highest BCUT2D eigenvalue weighted by Gasteiger charge is 2.48. The number of halogens is 2. The van der Waals surface area contributed by atoms with Gasteiger partial charge >= 0.3 is 11.9 Å². The number of carboxylic acid groups (broad SMARTS) is 1. The van der Waals surface area contributed by atoms with E-state index in [2.05, 4.69) is 0 Å². The lowest BCUT2D eigenvalue weighted by Gasteiger charge is -2.37. The maximum absolute atomic E-state index is 14.0. The minimum absolute atomic E-state index is 0.0797. The second-order valence-corrected chi connectivity index (χ2v) is 6.50. The van der Waals surface area contributed by atoms with Crippen LogP contribution in [0.1, 0.15) is 10.4 Å². The zero-order valence-electron chi connectivity index (χ0n) is 15.0. The fourth-order valence-corrected chi connectivity index (χ4v) is 2.91. The van der Waals surface area contributed by atoms with Crippen molar-refractivity contribution in [2.75, 3.05) is 0 Å². The molecule has 1 fully saturated rings. The lowest BCUT2D eigenvalue weighted by atomic mass is 9.99. The highest BCUT2D eigenvalue weighted by Crippen LogP contribution is 2.30. The van der Waals surface area contributed by atoms with Gasteiger partial charge in [0.15, 0.2) is 6.10 Å². The third-order valence-corrected chi connectivity index (χ3v) is 4.49. The number of carbonyl (C=O) groups excluding carboxylic acids is 1. The number of ether oxygens (including phenoxy) is 2. The van der Waals surface area contributed by atoms with E-state index in [1.807, 2.05) is 0 Å². The molecule has 9 nitrogen and oxygen atoms in total. The van der Waals surface area contributed by atoms with Crippen LogP contribution in [-0.4, -0.2) is 68.2 Å². The molecule has 0 bridgehead atoms. The number of phenols is 1. The molecule has 1 heterocycles. The number of phenolic OH excluding ortho intramolecular Hbond substituents is 1. The van der Waals surface area contributed by atoms with Gasteiger partial charge in [-0.15, -0.1) is 0 Å². The zero-order valence-corrected chi connectivity index (χ0v) is 15.0. The highest BCUT2D eigenvalue weighted by molar-refractivity contribution is 5.94. The third kappa shape index (κ3) is 4.09. The number of carboxylic acids is 1. The predicted molar refractivity (Wildman–Crippen MR) is 93.2 cm³/mol. The van der Waals surface area contributed by atoms with E-state index in [1.165, 1.54) is 6.07 Å². The average molecular weight is 426 g/mol. The molecule has 0 aliphatic carbocycles. The standard InChI is InChI=1S/C19H16F2O9/c20-8-2-3-9(11(21)6-8)7-1-4-12(22)10(5-7)18(28)30-19-15(25)13(23)14(24)16(29-19)17(26)27/h1-6,13-16,19,22-25H,(H,26,27)/t13?,14-,15+,16-,19-/m0/s1. The highest BCUT2D eigenvalue weighted by atomic mass is 19.1. The molecule has 160 valence electrons. The molecule has 11 heteroatoms. The summed E-state index contributed by atoms with van der Waals surface area (Å²) in [4.78, 5) is 23.6. The molecule has 1 aliphatic rings. The topological polar surface area (TPSA) is 154 Å². The smallest absolute Gasteiger partial charge is 0.344 e. The number of aliphatic hydroxyl groups excluding tert-OH is 3. The van der Waals surface area contributed by atoms with Gasteiger partial charge in [-0.1, -0.05) is 6.07 Å². The first-order valence-electron chi connectivity index (χ1n) is 8.52. The van der Waals surface area contributed by atoms with Crippen molar-refractivity contribution in [2.24, 2.45) is 0 Å². The summed E-state index contributed by atoms with van der Waals surface area (Å²) in [5, 5.41) is 48.3. The molecule has 5 N–H and O–H groups in total. The van der Waals surface area contributed by atoms with Crippen LogP contribution in [0.5, 0.6) is 5.75 Å². The van der Waals surface area contributed by atoms with Crippen molar-refractivity contribution in [1.29, 1.82) is 0 Å². The zero-order chi connectivity index (χ0) is 22.2. The lowest BCUT2D eigenvalue weighted by Crippen LogP contribution is -2.60. The summed E-state index contributed by atoms with van der Waals surface area (Å²) in [5.41, 5.74) is -0.496. The second kappa shape index (κ2) is 8.32. The Balaban J connectivity index is 1.87. The van der Waals surface area contributed by atoms with Crippen LogP contribution in [0.3, 0.4) is 0 Å². The number of aliphatic hydroxyl groups is 3. The number of aromatic hydroxyl groups is 1. The summed E-state index contributed by atoms with van der Waals surface area (Å²) >= 11 is 0. The Hall–Kier alpha value is -3.12. The van der Waals surface area contributed by atoms with Crippen LogP contribution in [0.25, 0.3) is 11.1 Å². The van der Waals surface area contributed by atoms with Crippen LogP contribution < -0.4 is 0 Å². The van der Waals surface area contributed by atoms with Crippen LogP contribution in [-0.2, 0) is 14.3 Å². The van der Waals surface area contributed by atoms with E-state index >= 15 is 0 Å². The molecule has 30 heavy (non-hydrogen) atoms. The average Bonchev–Trinajstić information content (AvgIpc) is 2.68. The largest absolute Gasteiger partial charge is 0.507 e. The Kier molecular flexibility index (Phi) is 5.99. The van der Waals surface area contributed by atoms with Crippen molar-refractivity contribution in [2.45, 2.75) is 30.7 Å². The molecule has 5 atom stereocenters. The first kappa shape index (κ1) is 21.6. The second-order valence-electron chi connectivity index (χ2n) is 6.50. The molecular weight excluding hydrogens is 410 g/mol. The van der Waals surface area contributed by atoms with Gasteiger partial charge in [-0.3, -0.25) is 0 Å². The van der Waals surface area contributed by atoms with Crippen molar-refractivity contribution in [1.82, 2.24) is 0 Å². The summed E-state index contributed by atoms with van der Waals surface area (Å²) in [5.74, 6) is -5.30. The maximum Gasteiger partial charge on any atom is 0.344 e. The minimum atomic E-state index is -1.99. The van der Waals surface area contributed by atoms with Crippen molar-refractivity contribution in [3.63, 3.8) is 0 Å². The fourth-order valence-electron chi connectivity index (χ4n) is 2.91. The Morgan fingerprint density at radius 3 is 2.30 bits per heavy atom. The van der Waals surface area contributed by atoms with Gasteiger partial charge in [0.1, 0.15) is 41.3 Å². The molecule has 1 aliphatic heterocycles. The normalized spacial score (nSPS) is 26.2. The molecule has 0 saturated carbocycles. The van der Waals surface area contributed by atoms with Crippen LogP contribution in [0, 0.1) is 11.6 Å². The van der Waals surface area contributed by atoms with E-state index in [1.54, 1.807) is 0 Å². The van der Waals surface area contributed by atoms with E-state index in [4.69, 9.17) is 14.6 Å². The predicted octanol–water partition coefficient (Wildman–Crippen LogP) is 0.386. The maximum atomic E-state index is 14.0. The van der Waals surface area contributed by atoms with Gasteiger partial charge in [0.05, 0.1) is 0 Å². The molecule has 0 spiro atoms. The molecule has 1 unspecified atom stereocenters. The SMILES string of the molecule is O=C(O[C@@H]1O[C@H](C(=O)O)[C@@H](O)C(O)[C@H]1O)c1cc(-c2ccc(F)cc2F)ccc1O. The molecule has 0 aromatic heterocycles. The van der Waals surface area contributed by atoms with E-state index in [0.29, 0.717) is 6.07 Å². The molecule has 3 rings (SSSR count). The molecule has 0 radical (unpaired) electrons. The van der Waals surface area contributed by atoms with E-state index in [-0.39, 0.29) is 11.1 Å². The molecular formula is C19H16F2O9. The van der Waals surface area contributed by atoms with E-state index < -0.39 is 65.6 Å². The number of esters is 1. The summed E-state index contributed by atoms with van der Waals surface area (Å²) in [6.45, 7) is 0. The van der Waals surface area contributed by atoms with Crippen molar-refractivity contribution < 1.29 is 53.4 Å². The summed E-state index contributed by atoms with van der Waals surface area (Å²) in [6.07, 6.45) is -9.94. The van der Waals surface area contributed by atoms with E-state index in [0.717, 1.165) is 24.3 Å². The first-order chi connectivity index (χ1) is 14.1. The van der Waals surface area contributed by atoms with Crippen LogP contribution >= 0.6 is 0 Å². The fraction of sp³-hybridized carbons (Fsp3) is 0.263. The van der Waals surface area contributed by atoms with Gasteiger partial charge in [0, 0.05) is 11.6 Å². The number of hydrogen-bond acceptors (Lipinski definition) is 8. The minimum Gasteiger partial charge on any atom is -0.507 e. The lowest BCUT2D eigenvalue weighted by molar-refractivity contribution is -0.278. The Labute approximate surface area is 167 Å². The van der Waals surface area contributed by atoms with Crippen LogP contribution in [0.15, 0.2) is 36.4 Å². The first-order valence-corrected chi connectivity index (χ1v) is 8.52. The van der Waals surface area contributed by atoms with Crippen LogP contribution in [0.4, 0.5) is 8.78 Å². The number of benzene rings is 2. The number of rotatable bonds is 4. The van der Waals surface area contributed by atoms with Crippen molar-refractivity contribution in [3.05, 3.63) is 53.6 Å². The van der Waals surface area contributed by atoms with E-state index in [9.17, 15) is 38.8 Å². The van der Waals surface area contributed by atoms with Gasteiger partial charge in [0.2, 0.25) is 6.29 Å². The number of carbonyl (C=O) groups is 2. The molecule has 1 saturated heterocycles. The summed E-state index contributed by atoms with van der Waals surface area (Å²) in [7, 11) is 0. The van der Waals surface area contributed by atoms with Gasteiger partial charge in [-0.25, -0.2) is 18.4 Å². The Morgan fingerprint density at radius 1 is 0.967 bits per heavy atom. The van der Waals surface area contributed by atoms with Crippen molar-refractivity contribution >= 4 is 11.9 Å². The quantitative estimate of drug-likeness (QED) is 0.437. The molecule has 2 aromatic rings. The number of aliphatic carboxylic acids is 1. The summed E-state index contributed by atoms with van der Waals surface area (Å²) in [6, 6.07) is 6.08. The monoisotopic (exact) mass is 426 g/mol. The number of hydrogen-bond donors (Lipinski definition) is 5. The summed E-state index contributed by atoms with van der Waals surface area (Å²) < 4.78 is 36.8. The van der Waals surface area contributed by atoms with Gasteiger partial charge in [-0.2, -0.15) is 0 Å². The Morgan fingerprint density at radius 2 is 1.67 bits per heavy atom. The molecule has 2 aromatic carbocycles. The molecule has 0 amide bonds. The van der Waals surface area contributed by atoms with Gasteiger partial charge in [-0.05, 0) is 29.8 Å². The third-order valence-electron chi connectivity index (χ3n) is 4.49. The van der Waals surface area contributed by atoms with Crippen LogP contribution in [0.2, 0.25) is 0 Å². The van der Waals surface area contributed by atoms with Gasteiger partial charge in [0.25, 0.3) is 0 Å².